The van der Waals surface area contributed by atoms with Gasteiger partial charge in [-0.05, 0) is 62.1 Å². The quantitative estimate of drug-likeness (QED) is 0.0353. The molecule has 2 fully saturated rings. The van der Waals surface area contributed by atoms with Gasteiger partial charge in [0.25, 0.3) is 23.2 Å². The number of hydrogen-bond donors (Lipinski definition) is 0. The molecule has 0 unspecified atom stereocenters. The average Bonchev–Trinajstić information content (AvgIpc) is 3.30. The van der Waals surface area contributed by atoms with Crippen LogP contribution in [0.5, 0.6) is 11.5 Å². The van der Waals surface area contributed by atoms with Crippen molar-refractivity contribution in [1.82, 2.24) is 9.80 Å². The molecular formula is C48H62N6O8+2. The molecule has 0 radical (unpaired) electrons. The van der Waals surface area contributed by atoms with Crippen molar-refractivity contribution in [3.8, 4) is 11.5 Å². The van der Waals surface area contributed by atoms with E-state index in [4.69, 9.17) is 9.47 Å². The highest BCUT2D eigenvalue weighted by atomic mass is 16.6. The first-order valence-corrected chi connectivity index (χ1v) is 22.1. The van der Waals surface area contributed by atoms with E-state index in [0.717, 1.165) is 111 Å². The molecule has 14 nitrogen and oxygen atoms in total. The first kappa shape index (κ1) is 45.7. The number of methoxy groups -OCH3 is 2. The van der Waals surface area contributed by atoms with Crippen molar-refractivity contribution in [2.24, 2.45) is 0 Å². The Hall–Kier alpha value is -5.86. The SMILES string of the molecule is COc1ccc([N+](=O)[O-])cc1C[N+]1(CCCCCCCCCC[N+]2(Cc3cc([N+](=O)[O-])ccc3OC)CCN(C(=O)c3ccccc3)CC2)CCN(C(=O)c2ccccc2)CC1. The number of rotatable bonds is 21. The average molecular weight is 851 g/mol. The third kappa shape index (κ3) is 11.9. The molecule has 2 aliphatic heterocycles. The number of ether oxygens (including phenoxy) is 2. The lowest BCUT2D eigenvalue weighted by Gasteiger charge is -2.45. The molecule has 62 heavy (non-hydrogen) atoms. The van der Waals surface area contributed by atoms with Crippen molar-refractivity contribution in [3.63, 3.8) is 0 Å². The summed E-state index contributed by atoms with van der Waals surface area (Å²) in [5, 5.41) is 23.4. The molecule has 4 aromatic carbocycles. The van der Waals surface area contributed by atoms with Crippen LogP contribution in [0.25, 0.3) is 0 Å². The van der Waals surface area contributed by atoms with E-state index in [-0.39, 0.29) is 33.0 Å². The molecule has 4 aromatic rings. The van der Waals surface area contributed by atoms with E-state index in [2.05, 4.69) is 0 Å². The van der Waals surface area contributed by atoms with Gasteiger partial charge in [-0.1, -0.05) is 62.1 Å². The van der Waals surface area contributed by atoms with Crippen LogP contribution in [0, 0.1) is 20.2 Å². The first-order valence-electron chi connectivity index (χ1n) is 22.1. The highest BCUT2D eigenvalue weighted by molar-refractivity contribution is 5.94. The number of piperazine rings is 2. The molecule has 2 aliphatic rings. The number of nitro benzene ring substituents is 2. The van der Waals surface area contributed by atoms with Gasteiger partial charge in [0.15, 0.2) is 0 Å². The predicted molar refractivity (Wildman–Crippen MR) is 238 cm³/mol. The summed E-state index contributed by atoms with van der Waals surface area (Å²) in [5.41, 5.74) is 3.11. The van der Waals surface area contributed by atoms with Crippen LogP contribution in [0.1, 0.15) is 83.2 Å². The second-order valence-electron chi connectivity index (χ2n) is 17.0. The molecule has 0 aliphatic carbocycles. The van der Waals surface area contributed by atoms with E-state index in [1.165, 1.54) is 12.1 Å². The Bertz CT molecular complexity index is 1970. The summed E-state index contributed by atoms with van der Waals surface area (Å²) in [4.78, 5) is 53.1. The van der Waals surface area contributed by atoms with Gasteiger partial charge in [-0.3, -0.25) is 29.8 Å². The zero-order valence-corrected chi connectivity index (χ0v) is 36.3. The highest BCUT2D eigenvalue weighted by Gasteiger charge is 2.37. The highest BCUT2D eigenvalue weighted by Crippen LogP contribution is 2.32. The Morgan fingerprint density at radius 3 is 1.19 bits per heavy atom. The number of nitrogens with zero attached hydrogens (tertiary/aromatic N) is 6. The second-order valence-corrected chi connectivity index (χ2v) is 17.0. The van der Waals surface area contributed by atoms with Gasteiger partial charge in [0.05, 0.1) is 101 Å². The van der Waals surface area contributed by atoms with Gasteiger partial charge in [0.2, 0.25) is 0 Å². The van der Waals surface area contributed by atoms with E-state index < -0.39 is 0 Å². The molecular weight excluding hydrogens is 789 g/mol. The third-order valence-electron chi connectivity index (χ3n) is 13.0. The topological polar surface area (TPSA) is 145 Å². The molecule has 0 saturated carbocycles. The summed E-state index contributed by atoms with van der Waals surface area (Å²) < 4.78 is 12.8. The van der Waals surface area contributed by atoms with Crippen LogP contribution in [0.2, 0.25) is 0 Å². The van der Waals surface area contributed by atoms with Crippen LogP contribution in [0.3, 0.4) is 0 Å². The maximum absolute atomic E-state index is 13.3. The van der Waals surface area contributed by atoms with Crippen LogP contribution in [-0.4, -0.2) is 120 Å². The molecule has 0 aromatic heterocycles. The van der Waals surface area contributed by atoms with Crippen molar-refractivity contribution >= 4 is 23.2 Å². The molecule has 0 bridgehead atoms. The van der Waals surface area contributed by atoms with Crippen molar-refractivity contribution in [2.75, 3.05) is 79.7 Å². The summed E-state index contributed by atoms with van der Waals surface area (Å²) >= 11 is 0. The van der Waals surface area contributed by atoms with Crippen molar-refractivity contribution < 1.29 is 37.9 Å². The maximum Gasteiger partial charge on any atom is 0.270 e. The zero-order valence-electron chi connectivity index (χ0n) is 36.3. The lowest BCUT2D eigenvalue weighted by Crippen LogP contribution is -2.60. The summed E-state index contributed by atoms with van der Waals surface area (Å²) in [5.74, 6) is 1.36. The Labute approximate surface area is 365 Å². The molecule has 0 N–H and O–H groups in total. The monoisotopic (exact) mass is 850 g/mol. The minimum Gasteiger partial charge on any atom is -0.496 e. The number of benzene rings is 4. The number of unbranched alkanes of at least 4 members (excludes halogenated alkanes) is 7. The molecule has 2 heterocycles. The molecule has 6 rings (SSSR count). The summed E-state index contributed by atoms with van der Waals surface area (Å²) in [7, 11) is 3.19. The fraction of sp³-hybridized carbons (Fsp3) is 0.458. The van der Waals surface area contributed by atoms with Crippen LogP contribution >= 0.6 is 0 Å². The number of quaternary nitrogens is 2. The Balaban J connectivity index is 1.000. The maximum atomic E-state index is 13.3. The Morgan fingerprint density at radius 2 is 0.871 bits per heavy atom. The van der Waals surface area contributed by atoms with Gasteiger partial charge in [0, 0.05) is 35.4 Å². The molecule has 2 saturated heterocycles. The third-order valence-corrected chi connectivity index (χ3v) is 13.0. The fourth-order valence-corrected chi connectivity index (χ4v) is 9.31. The number of carbonyl (C=O) groups excluding carboxylic acids is 2. The summed E-state index contributed by atoms with van der Waals surface area (Å²) in [6, 6.07) is 28.4. The van der Waals surface area contributed by atoms with E-state index in [1.807, 2.05) is 70.5 Å². The first-order chi connectivity index (χ1) is 30.0. The van der Waals surface area contributed by atoms with E-state index >= 15 is 0 Å². The summed E-state index contributed by atoms with van der Waals surface area (Å²) in [6.07, 6.45) is 8.74. The largest absolute Gasteiger partial charge is 0.496 e. The smallest absolute Gasteiger partial charge is 0.270 e. The molecule has 2 amide bonds. The molecule has 330 valence electrons. The number of non-ortho nitro benzene ring substituents is 2. The summed E-state index contributed by atoms with van der Waals surface area (Å²) in [6.45, 7) is 8.58. The number of amides is 2. The van der Waals surface area contributed by atoms with Gasteiger partial charge in [0.1, 0.15) is 24.6 Å². The normalized spacial score (nSPS) is 15.8. The fourth-order valence-electron chi connectivity index (χ4n) is 9.31. The molecule has 0 atom stereocenters. The van der Waals surface area contributed by atoms with Crippen molar-refractivity contribution in [1.29, 1.82) is 0 Å². The van der Waals surface area contributed by atoms with Gasteiger partial charge in [-0.2, -0.15) is 0 Å². The second kappa shape index (κ2) is 21.8. The standard InChI is InChI=1S/C48H62N6O8/c1-61-45-23-21-43(51(57)58)35-41(45)37-53(31-25-49(26-32-53)47(55)39-17-11-9-12-18-39)29-15-7-5-3-4-6-8-16-30-54(38-42-36-44(52(59)60)22-24-46(42)62-2)33-27-50(28-34-54)48(56)40-19-13-10-14-20-40/h9-14,17-24,35-36H,3-8,15-16,25-34,37-38H2,1-2H3/q+2. The number of hydrogen-bond acceptors (Lipinski definition) is 8. The van der Waals surface area contributed by atoms with Gasteiger partial charge >= 0.3 is 0 Å². The minimum absolute atomic E-state index is 0.0360. The van der Waals surface area contributed by atoms with Crippen LogP contribution in [0.15, 0.2) is 97.1 Å². The van der Waals surface area contributed by atoms with Crippen LogP contribution < -0.4 is 9.47 Å². The van der Waals surface area contributed by atoms with Crippen LogP contribution in [-0.2, 0) is 13.1 Å². The predicted octanol–water partition coefficient (Wildman–Crippen LogP) is 8.29. The minimum atomic E-state index is -0.363. The lowest BCUT2D eigenvalue weighted by atomic mass is 10.0. The van der Waals surface area contributed by atoms with Crippen LogP contribution in [0.4, 0.5) is 11.4 Å². The lowest BCUT2D eigenvalue weighted by molar-refractivity contribution is -0.944. The number of carbonyl (C=O) groups is 2. The molecule has 0 spiro atoms. The Morgan fingerprint density at radius 1 is 0.532 bits per heavy atom. The van der Waals surface area contributed by atoms with Gasteiger partial charge in [-0.25, -0.2) is 0 Å². The van der Waals surface area contributed by atoms with Crippen molar-refractivity contribution in [2.45, 2.75) is 64.5 Å². The number of nitro groups is 2. The molecule has 14 heteroatoms. The Kier molecular flexibility index (Phi) is 16.0. The van der Waals surface area contributed by atoms with E-state index in [0.29, 0.717) is 61.9 Å². The van der Waals surface area contributed by atoms with Gasteiger partial charge < -0.3 is 28.2 Å². The van der Waals surface area contributed by atoms with Gasteiger partial charge in [-0.15, -0.1) is 0 Å². The zero-order chi connectivity index (χ0) is 44.0. The van der Waals surface area contributed by atoms with Crippen molar-refractivity contribution in [3.05, 3.63) is 140 Å². The van der Waals surface area contributed by atoms with E-state index in [1.54, 1.807) is 38.5 Å². The van der Waals surface area contributed by atoms with E-state index in [9.17, 15) is 29.8 Å².